The van der Waals surface area contributed by atoms with Crippen LogP contribution < -0.4 is 5.43 Å². The molecule has 1 aromatic carbocycles. The van der Waals surface area contributed by atoms with E-state index in [1.165, 1.54) is 0 Å². The SMILES string of the molecule is COCCc1cccc2c(=O)cc(C(F)F)[nH]c12. The number of halogens is 2. The van der Waals surface area contributed by atoms with Gasteiger partial charge in [-0.1, -0.05) is 12.1 Å². The van der Waals surface area contributed by atoms with Crippen LogP contribution in [0.15, 0.2) is 29.1 Å². The summed E-state index contributed by atoms with van der Waals surface area (Å²) >= 11 is 0. The molecule has 0 aliphatic heterocycles. The maximum atomic E-state index is 12.7. The summed E-state index contributed by atoms with van der Waals surface area (Å²) in [4.78, 5) is 14.4. The first-order valence-electron chi connectivity index (χ1n) is 5.55. The fourth-order valence-corrected chi connectivity index (χ4v) is 1.89. The van der Waals surface area contributed by atoms with Crippen LogP contribution in [0.4, 0.5) is 8.78 Å². The van der Waals surface area contributed by atoms with Crippen molar-refractivity contribution < 1.29 is 13.5 Å². The van der Waals surface area contributed by atoms with Gasteiger partial charge in [-0.3, -0.25) is 4.79 Å². The first-order valence-corrected chi connectivity index (χ1v) is 5.55. The van der Waals surface area contributed by atoms with Crippen LogP contribution in [0, 0.1) is 0 Å². The van der Waals surface area contributed by atoms with Crippen LogP contribution in [-0.4, -0.2) is 18.7 Å². The molecule has 0 aliphatic carbocycles. The van der Waals surface area contributed by atoms with Crippen LogP contribution in [0.2, 0.25) is 0 Å². The van der Waals surface area contributed by atoms with Crippen molar-refractivity contribution in [3.63, 3.8) is 0 Å². The van der Waals surface area contributed by atoms with Crippen LogP contribution >= 0.6 is 0 Å². The zero-order chi connectivity index (χ0) is 13.1. The smallest absolute Gasteiger partial charge is 0.278 e. The van der Waals surface area contributed by atoms with Crippen LogP contribution in [0.1, 0.15) is 17.7 Å². The minimum Gasteiger partial charge on any atom is -0.384 e. The molecule has 1 N–H and O–H groups in total. The second-order valence-corrected chi connectivity index (χ2v) is 3.97. The highest BCUT2D eigenvalue weighted by molar-refractivity contribution is 5.81. The minimum absolute atomic E-state index is 0.350. The highest BCUT2D eigenvalue weighted by atomic mass is 19.3. The Morgan fingerprint density at radius 3 is 2.83 bits per heavy atom. The van der Waals surface area contributed by atoms with Gasteiger partial charge in [0.1, 0.15) is 0 Å². The molecule has 0 amide bonds. The van der Waals surface area contributed by atoms with E-state index in [-0.39, 0.29) is 5.69 Å². The van der Waals surface area contributed by atoms with Crippen LogP contribution in [0.3, 0.4) is 0 Å². The largest absolute Gasteiger partial charge is 0.384 e. The van der Waals surface area contributed by atoms with E-state index in [9.17, 15) is 13.6 Å². The maximum Gasteiger partial charge on any atom is 0.278 e. The van der Waals surface area contributed by atoms with Gasteiger partial charge in [-0.05, 0) is 18.1 Å². The minimum atomic E-state index is -2.68. The molecule has 0 radical (unpaired) electrons. The second kappa shape index (κ2) is 5.27. The molecule has 96 valence electrons. The third kappa shape index (κ3) is 2.41. The summed E-state index contributed by atoms with van der Waals surface area (Å²) in [6.07, 6.45) is -2.12. The summed E-state index contributed by atoms with van der Waals surface area (Å²) in [5, 5.41) is 0.424. The predicted octanol–water partition coefficient (Wildman–Crippen LogP) is 2.65. The average Bonchev–Trinajstić information content (AvgIpc) is 2.36. The van der Waals surface area contributed by atoms with Gasteiger partial charge < -0.3 is 9.72 Å². The Morgan fingerprint density at radius 2 is 2.17 bits per heavy atom. The number of nitrogens with one attached hydrogen (secondary N) is 1. The lowest BCUT2D eigenvalue weighted by molar-refractivity contribution is 0.146. The maximum absolute atomic E-state index is 12.7. The van der Waals surface area contributed by atoms with Crippen molar-refractivity contribution in [3.05, 3.63) is 45.7 Å². The first-order chi connectivity index (χ1) is 8.63. The zero-order valence-corrected chi connectivity index (χ0v) is 9.87. The lowest BCUT2D eigenvalue weighted by Crippen LogP contribution is -2.08. The van der Waals surface area contributed by atoms with Crippen molar-refractivity contribution >= 4 is 10.9 Å². The third-order valence-corrected chi connectivity index (χ3v) is 2.78. The number of methoxy groups -OCH3 is 1. The molecule has 2 rings (SSSR count). The molecule has 3 nitrogen and oxygen atoms in total. The predicted molar refractivity (Wildman–Crippen MR) is 65.1 cm³/mol. The molecule has 0 fully saturated rings. The molecule has 1 aromatic heterocycles. The topological polar surface area (TPSA) is 42.1 Å². The van der Waals surface area contributed by atoms with Gasteiger partial charge in [-0.2, -0.15) is 0 Å². The fraction of sp³-hybridized carbons (Fsp3) is 0.308. The van der Waals surface area contributed by atoms with Crippen LogP contribution in [0.25, 0.3) is 10.9 Å². The van der Waals surface area contributed by atoms with Gasteiger partial charge in [0.25, 0.3) is 6.43 Å². The number of hydrogen-bond donors (Lipinski definition) is 1. The van der Waals surface area contributed by atoms with Crippen molar-refractivity contribution in [2.24, 2.45) is 0 Å². The summed E-state index contributed by atoms with van der Waals surface area (Å²) in [7, 11) is 1.57. The number of para-hydroxylation sites is 1. The number of hydrogen-bond acceptors (Lipinski definition) is 2. The van der Waals surface area contributed by atoms with Crippen LogP contribution in [-0.2, 0) is 11.2 Å². The highest BCUT2D eigenvalue weighted by Crippen LogP contribution is 2.20. The molecule has 5 heteroatoms. The van der Waals surface area contributed by atoms with E-state index in [1.54, 1.807) is 25.3 Å². The van der Waals surface area contributed by atoms with Crippen LogP contribution in [0.5, 0.6) is 0 Å². The number of H-pyrrole nitrogens is 1. The van der Waals surface area contributed by atoms with E-state index in [2.05, 4.69) is 4.98 Å². The molecule has 0 saturated carbocycles. The van der Waals surface area contributed by atoms with Crippen molar-refractivity contribution in [3.8, 4) is 0 Å². The number of aromatic nitrogens is 1. The summed E-state index contributed by atoms with van der Waals surface area (Å²) in [5.74, 6) is 0. The average molecular weight is 253 g/mol. The molecule has 2 aromatic rings. The third-order valence-electron chi connectivity index (χ3n) is 2.78. The van der Waals surface area contributed by atoms with E-state index >= 15 is 0 Å². The Labute approximate surface area is 102 Å². The zero-order valence-electron chi connectivity index (χ0n) is 9.87. The monoisotopic (exact) mass is 253 g/mol. The molecule has 0 bridgehead atoms. The van der Waals surface area contributed by atoms with Gasteiger partial charge in [-0.15, -0.1) is 0 Å². The molecule has 0 saturated heterocycles. The van der Waals surface area contributed by atoms with Crippen molar-refractivity contribution in [2.45, 2.75) is 12.8 Å². The van der Waals surface area contributed by atoms with E-state index in [0.29, 0.717) is 23.9 Å². The van der Waals surface area contributed by atoms with Gasteiger partial charge in [0.05, 0.1) is 17.8 Å². The number of pyridine rings is 1. The van der Waals surface area contributed by atoms with Crippen molar-refractivity contribution in [2.75, 3.05) is 13.7 Å². The Bertz CT molecular complexity index is 607. The lowest BCUT2D eigenvalue weighted by Gasteiger charge is -2.08. The molecule has 0 aliphatic rings. The summed E-state index contributed by atoms with van der Waals surface area (Å²) in [5.41, 5.74) is 0.530. The number of alkyl halides is 2. The van der Waals surface area contributed by atoms with Gasteiger partial charge in [0.15, 0.2) is 5.43 Å². The molecular weight excluding hydrogens is 240 g/mol. The molecule has 0 atom stereocenters. The van der Waals surface area contributed by atoms with E-state index in [0.717, 1.165) is 11.6 Å². The normalized spacial score (nSPS) is 11.3. The standard InChI is InChI=1S/C13H13F2NO2/c1-18-6-5-8-3-2-4-9-11(17)7-10(13(14)15)16-12(8)9/h2-4,7,13H,5-6H2,1H3,(H,16,17). The Hall–Kier alpha value is -1.75. The van der Waals surface area contributed by atoms with E-state index in [4.69, 9.17) is 4.74 Å². The molecule has 0 unspecified atom stereocenters. The van der Waals surface area contributed by atoms with E-state index in [1.807, 2.05) is 0 Å². The van der Waals surface area contributed by atoms with Gasteiger partial charge in [-0.25, -0.2) is 8.78 Å². The fourth-order valence-electron chi connectivity index (χ4n) is 1.89. The number of ether oxygens (including phenoxy) is 1. The van der Waals surface area contributed by atoms with Gasteiger partial charge in [0.2, 0.25) is 0 Å². The molecule has 0 spiro atoms. The van der Waals surface area contributed by atoms with Crippen molar-refractivity contribution in [1.29, 1.82) is 0 Å². The Kier molecular flexibility index (Phi) is 3.72. The number of benzene rings is 1. The number of rotatable bonds is 4. The van der Waals surface area contributed by atoms with E-state index < -0.39 is 11.9 Å². The quantitative estimate of drug-likeness (QED) is 0.910. The number of fused-ring (bicyclic) bond motifs is 1. The molecular formula is C13H13F2NO2. The highest BCUT2D eigenvalue weighted by Gasteiger charge is 2.12. The summed E-state index contributed by atoms with van der Waals surface area (Å²) in [6.45, 7) is 0.472. The lowest BCUT2D eigenvalue weighted by atomic mass is 10.1. The summed E-state index contributed by atoms with van der Waals surface area (Å²) < 4.78 is 30.3. The number of aromatic amines is 1. The van der Waals surface area contributed by atoms with Crippen molar-refractivity contribution in [1.82, 2.24) is 4.98 Å². The molecule has 18 heavy (non-hydrogen) atoms. The van der Waals surface area contributed by atoms with Gasteiger partial charge >= 0.3 is 0 Å². The summed E-state index contributed by atoms with van der Waals surface area (Å²) in [6, 6.07) is 6.12. The molecule has 1 heterocycles. The van der Waals surface area contributed by atoms with Gasteiger partial charge in [0, 0.05) is 18.6 Å². The second-order valence-electron chi connectivity index (χ2n) is 3.97. The first kappa shape index (κ1) is 12.7. The Morgan fingerprint density at radius 1 is 1.39 bits per heavy atom. The Balaban J connectivity index is 2.62.